The molecule has 0 spiro atoms. The molecular weight excluding hydrogens is 284 g/mol. The van der Waals surface area contributed by atoms with Crippen LogP contribution >= 0.6 is 11.6 Å². The molecule has 2 aromatic carbocycles. The molecule has 106 valence electrons. The van der Waals surface area contributed by atoms with Gasteiger partial charge < -0.3 is 10.5 Å². The van der Waals surface area contributed by atoms with E-state index in [1.54, 1.807) is 13.0 Å². The van der Waals surface area contributed by atoms with Crippen molar-refractivity contribution >= 4 is 11.6 Å². The first-order valence-corrected chi connectivity index (χ1v) is 6.47. The van der Waals surface area contributed by atoms with E-state index in [0.717, 1.165) is 0 Å². The van der Waals surface area contributed by atoms with E-state index >= 15 is 0 Å². The van der Waals surface area contributed by atoms with E-state index in [4.69, 9.17) is 22.1 Å². The summed E-state index contributed by atoms with van der Waals surface area (Å²) in [5.41, 5.74) is 6.60. The quantitative estimate of drug-likeness (QED) is 0.917. The van der Waals surface area contributed by atoms with Crippen LogP contribution in [-0.2, 0) is 6.61 Å². The topological polar surface area (TPSA) is 35.2 Å². The van der Waals surface area contributed by atoms with Gasteiger partial charge in [-0.3, -0.25) is 0 Å². The Bertz CT molecular complexity index is 617. The fourth-order valence-electron chi connectivity index (χ4n) is 1.73. The molecule has 0 amide bonds. The second kappa shape index (κ2) is 6.20. The molecule has 0 heterocycles. The van der Waals surface area contributed by atoms with Crippen LogP contribution in [-0.4, -0.2) is 0 Å². The van der Waals surface area contributed by atoms with Gasteiger partial charge in [-0.25, -0.2) is 8.78 Å². The Kier molecular flexibility index (Phi) is 4.57. The number of ether oxygens (including phenoxy) is 1. The summed E-state index contributed by atoms with van der Waals surface area (Å²) in [5.74, 6) is -0.918. The summed E-state index contributed by atoms with van der Waals surface area (Å²) in [7, 11) is 0. The molecule has 2 nitrogen and oxygen atoms in total. The molecule has 0 saturated heterocycles. The first kappa shape index (κ1) is 14.8. The highest BCUT2D eigenvalue weighted by molar-refractivity contribution is 6.30. The van der Waals surface area contributed by atoms with Crippen molar-refractivity contribution in [2.45, 2.75) is 19.6 Å². The minimum absolute atomic E-state index is 0.0498. The van der Waals surface area contributed by atoms with E-state index in [1.807, 2.05) is 0 Å². The summed E-state index contributed by atoms with van der Waals surface area (Å²) >= 11 is 5.78. The van der Waals surface area contributed by atoms with Crippen LogP contribution in [0.4, 0.5) is 8.78 Å². The van der Waals surface area contributed by atoms with Crippen LogP contribution in [0, 0.1) is 11.6 Å². The van der Waals surface area contributed by atoms with Gasteiger partial charge in [0.2, 0.25) is 0 Å². The molecule has 0 aliphatic heterocycles. The lowest BCUT2D eigenvalue weighted by Crippen LogP contribution is -2.06. The maximum absolute atomic E-state index is 13.8. The molecule has 0 radical (unpaired) electrons. The van der Waals surface area contributed by atoms with Crippen molar-refractivity contribution in [3.63, 3.8) is 0 Å². The molecule has 5 heteroatoms. The number of halogens is 3. The van der Waals surface area contributed by atoms with Crippen molar-refractivity contribution in [3.8, 4) is 5.75 Å². The number of hydrogen-bond acceptors (Lipinski definition) is 2. The first-order chi connectivity index (χ1) is 9.47. The predicted octanol–water partition coefficient (Wildman–Crippen LogP) is 4.22. The standard InChI is InChI=1S/C15H14ClF2NO/c1-9(19)10-2-5-15(14(18)7-10)20-8-11-6-12(16)3-4-13(11)17/h2-7,9H,8,19H2,1H3/t9-/m0/s1. The van der Waals surface area contributed by atoms with Crippen LogP contribution in [0.15, 0.2) is 36.4 Å². The summed E-state index contributed by atoms with van der Waals surface area (Å²) in [6.45, 7) is 1.66. The zero-order valence-corrected chi connectivity index (χ0v) is 11.6. The zero-order valence-electron chi connectivity index (χ0n) is 10.9. The van der Waals surface area contributed by atoms with Crippen molar-refractivity contribution in [1.29, 1.82) is 0 Å². The van der Waals surface area contributed by atoms with Crippen molar-refractivity contribution in [2.24, 2.45) is 5.73 Å². The third kappa shape index (κ3) is 3.46. The Morgan fingerprint density at radius 2 is 1.90 bits per heavy atom. The van der Waals surface area contributed by atoms with Crippen LogP contribution in [0.1, 0.15) is 24.1 Å². The summed E-state index contributed by atoms with van der Waals surface area (Å²) in [5, 5.41) is 0.401. The highest BCUT2D eigenvalue weighted by Crippen LogP contribution is 2.23. The number of hydrogen-bond donors (Lipinski definition) is 1. The van der Waals surface area contributed by atoms with Crippen LogP contribution < -0.4 is 10.5 Å². The van der Waals surface area contributed by atoms with Gasteiger partial charge in [0.15, 0.2) is 11.6 Å². The molecule has 2 N–H and O–H groups in total. The highest BCUT2D eigenvalue weighted by Gasteiger charge is 2.09. The van der Waals surface area contributed by atoms with Crippen LogP contribution in [0.2, 0.25) is 5.02 Å². The van der Waals surface area contributed by atoms with Gasteiger partial charge in [-0.2, -0.15) is 0 Å². The average molecular weight is 298 g/mol. The minimum atomic E-state index is -0.526. The molecule has 1 atom stereocenters. The second-order valence-electron chi connectivity index (χ2n) is 4.50. The summed E-state index contributed by atoms with van der Waals surface area (Å²) in [6.07, 6.45) is 0. The van der Waals surface area contributed by atoms with E-state index in [9.17, 15) is 8.78 Å². The normalized spacial score (nSPS) is 12.2. The lowest BCUT2D eigenvalue weighted by atomic mass is 10.1. The van der Waals surface area contributed by atoms with Gasteiger partial charge in [0.1, 0.15) is 12.4 Å². The first-order valence-electron chi connectivity index (χ1n) is 6.09. The monoisotopic (exact) mass is 297 g/mol. The molecule has 0 saturated carbocycles. The van der Waals surface area contributed by atoms with Gasteiger partial charge in [0.05, 0.1) is 0 Å². The molecule has 2 aromatic rings. The van der Waals surface area contributed by atoms with Crippen LogP contribution in [0.25, 0.3) is 0 Å². The van der Waals surface area contributed by atoms with Crippen molar-refractivity contribution in [1.82, 2.24) is 0 Å². The maximum Gasteiger partial charge on any atom is 0.165 e. The van der Waals surface area contributed by atoms with Gasteiger partial charge in [0, 0.05) is 16.6 Å². The van der Waals surface area contributed by atoms with E-state index in [1.165, 1.54) is 30.3 Å². The third-order valence-electron chi connectivity index (χ3n) is 2.87. The van der Waals surface area contributed by atoms with Crippen molar-refractivity contribution in [3.05, 3.63) is 64.2 Å². The average Bonchev–Trinajstić information content (AvgIpc) is 2.40. The Labute approximate surface area is 121 Å². The third-order valence-corrected chi connectivity index (χ3v) is 3.11. The zero-order chi connectivity index (χ0) is 14.7. The molecule has 0 bridgehead atoms. The minimum Gasteiger partial charge on any atom is -0.486 e. The highest BCUT2D eigenvalue weighted by atomic mass is 35.5. The van der Waals surface area contributed by atoms with E-state index in [-0.39, 0.29) is 24.0 Å². The Balaban J connectivity index is 2.13. The molecule has 2 rings (SSSR count). The molecule has 0 aliphatic carbocycles. The summed E-state index contributed by atoms with van der Waals surface area (Å²) in [6, 6.07) is 8.35. The predicted molar refractivity (Wildman–Crippen MR) is 74.7 cm³/mol. The Morgan fingerprint density at radius 3 is 2.55 bits per heavy atom. The van der Waals surface area contributed by atoms with Crippen LogP contribution in [0.3, 0.4) is 0 Å². The van der Waals surface area contributed by atoms with E-state index < -0.39 is 11.6 Å². The number of benzene rings is 2. The van der Waals surface area contributed by atoms with Gasteiger partial charge in [-0.05, 0) is 42.8 Å². The number of rotatable bonds is 4. The molecule has 0 aromatic heterocycles. The van der Waals surface area contributed by atoms with E-state index in [0.29, 0.717) is 10.6 Å². The molecular formula is C15H14ClF2NO. The molecule has 0 fully saturated rings. The summed E-state index contributed by atoms with van der Waals surface area (Å²) < 4.78 is 32.6. The van der Waals surface area contributed by atoms with Crippen molar-refractivity contribution in [2.75, 3.05) is 0 Å². The van der Waals surface area contributed by atoms with Gasteiger partial charge >= 0.3 is 0 Å². The number of nitrogens with two attached hydrogens (primary N) is 1. The molecule has 0 unspecified atom stereocenters. The van der Waals surface area contributed by atoms with Gasteiger partial charge in [-0.1, -0.05) is 17.7 Å². The fraction of sp³-hybridized carbons (Fsp3) is 0.200. The van der Waals surface area contributed by atoms with E-state index in [2.05, 4.69) is 0 Å². The van der Waals surface area contributed by atoms with Gasteiger partial charge in [-0.15, -0.1) is 0 Å². The Morgan fingerprint density at radius 1 is 1.15 bits per heavy atom. The second-order valence-corrected chi connectivity index (χ2v) is 4.94. The molecule has 0 aliphatic rings. The van der Waals surface area contributed by atoms with Gasteiger partial charge in [0.25, 0.3) is 0 Å². The maximum atomic E-state index is 13.8. The largest absolute Gasteiger partial charge is 0.486 e. The van der Waals surface area contributed by atoms with Crippen molar-refractivity contribution < 1.29 is 13.5 Å². The lowest BCUT2D eigenvalue weighted by Gasteiger charge is -2.11. The fourth-order valence-corrected chi connectivity index (χ4v) is 1.92. The van der Waals surface area contributed by atoms with Crippen LogP contribution in [0.5, 0.6) is 5.75 Å². The Hall–Kier alpha value is -1.65. The molecule has 20 heavy (non-hydrogen) atoms. The smallest absolute Gasteiger partial charge is 0.165 e. The summed E-state index contributed by atoms with van der Waals surface area (Å²) in [4.78, 5) is 0. The SMILES string of the molecule is C[C@H](N)c1ccc(OCc2cc(Cl)ccc2F)c(F)c1. The lowest BCUT2D eigenvalue weighted by molar-refractivity contribution is 0.284.